The van der Waals surface area contributed by atoms with Gasteiger partial charge in [-0.3, -0.25) is 9.59 Å². The quantitative estimate of drug-likeness (QED) is 0.165. The van der Waals surface area contributed by atoms with E-state index in [1.165, 1.54) is 66.2 Å². The lowest BCUT2D eigenvalue weighted by Gasteiger charge is -2.25. The summed E-state index contributed by atoms with van der Waals surface area (Å²) in [5.41, 5.74) is 4.53. The summed E-state index contributed by atoms with van der Waals surface area (Å²) in [6, 6.07) is 24.8. The van der Waals surface area contributed by atoms with Crippen molar-refractivity contribution in [2.24, 2.45) is 0 Å². The predicted molar refractivity (Wildman–Crippen MR) is 210 cm³/mol. The molecule has 6 rings (SSSR count). The number of esters is 2. The number of nitrogens with zero attached hydrogens (tertiary/aromatic N) is 2. The third kappa shape index (κ3) is 10.2. The Kier molecular flexibility index (Phi) is 13.6. The van der Waals surface area contributed by atoms with Gasteiger partial charge in [-0.15, -0.1) is 0 Å². The SMILES string of the molecule is CC(C)(O)C(=O)N1CCc2cc(Br)ccc21.COC(=O)c1ccc(-c2ccc3c(c2)CCN3C(=O)C(C)(C)O)cc1.COC(=O)c1ccc(B(O)O)cc1. The van der Waals surface area contributed by atoms with E-state index >= 15 is 0 Å². The number of halogens is 1. The minimum Gasteiger partial charge on any atom is -0.465 e. The monoisotopic (exact) mass is 802 g/mol. The second-order valence-corrected chi connectivity index (χ2v) is 14.6. The van der Waals surface area contributed by atoms with E-state index in [0.29, 0.717) is 29.7 Å². The Bertz CT molecular complexity index is 1990. The van der Waals surface area contributed by atoms with E-state index in [4.69, 9.17) is 14.8 Å². The second-order valence-electron chi connectivity index (χ2n) is 13.7. The molecule has 2 aliphatic heterocycles. The maximum absolute atomic E-state index is 12.3. The molecule has 14 heteroatoms. The molecule has 2 heterocycles. The molecule has 0 fully saturated rings. The maximum atomic E-state index is 12.3. The average molecular weight is 804 g/mol. The first-order valence-corrected chi connectivity index (χ1v) is 17.9. The molecule has 12 nitrogen and oxygen atoms in total. The van der Waals surface area contributed by atoms with Crippen LogP contribution in [0.15, 0.2) is 89.4 Å². The van der Waals surface area contributed by atoms with Crippen molar-refractivity contribution < 1.29 is 48.9 Å². The molecule has 4 aromatic rings. The number of ether oxygens (including phenoxy) is 2. The number of benzene rings is 4. The fourth-order valence-corrected chi connectivity index (χ4v) is 6.27. The van der Waals surface area contributed by atoms with Crippen molar-refractivity contribution >= 4 is 63.6 Å². The molecule has 0 bridgehead atoms. The van der Waals surface area contributed by atoms with E-state index in [1.54, 1.807) is 21.9 Å². The van der Waals surface area contributed by atoms with Gasteiger partial charge in [0.25, 0.3) is 11.8 Å². The van der Waals surface area contributed by atoms with Crippen LogP contribution < -0.4 is 15.3 Å². The topological polar surface area (TPSA) is 174 Å². The highest BCUT2D eigenvalue weighted by Gasteiger charge is 2.35. The van der Waals surface area contributed by atoms with Gasteiger partial charge in [0.2, 0.25) is 0 Å². The molecule has 4 aromatic carbocycles. The Morgan fingerprint density at radius 1 is 0.630 bits per heavy atom. The van der Waals surface area contributed by atoms with Gasteiger partial charge in [0.1, 0.15) is 11.2 Å². The Morgan fingerprint density at radius 2 is 1.04 bits per heavy atom. The van der Waals surface area contributed by atoms with E-state index in [2.05, 4.69) is 26.7 Å². The molecular formula is C40H44BBrN2O10. The van der Waals surface area contributed by atoms with Crippen molar-refractivity contribution in [2.45, 2.75) is 51.7 Å². The molecule has 0 aliphatic carbocycles. The number of anilines is 2. The largest absolute Gasteiger partial charge is 0.488 e. The summed E-state index contributed by atoms with van der Waals surface area (Å²) in [4.78, 5) is 50.1. The first-order valence-electron chi connectivity index (χ1n) is 17.1. The van der Waals surface area contributed by atoms with Gasteiger partial charge in [-0.25, -0.2) is 9.59 Å². The molecule has 0 aromatic heterocycles. The molecule has 0 spiro atoms. The van der Waals surface area contributed by atoms with Crippen LogP contribution >= 0.6 is 15.9 Å². The van der Waals surface area contributed by atoms with Gasteiger partial charge in [-0.1, -0.05) is 46.3 Å². The molecule has 2 amide bonds. The van der Waals surface area contributed by atoms with Crippen LogP contribution in [0.1, 0.15) is 59.5 Å². The molecule has 2 aliphatic rings. The molecule has 0 saturated heterocycles. The Balaban J connectivity index is 0.000000193. The first-order chi connectivity index (χ1) is 25.3. The number of aliphatic hydroxyl groups is 2. The van der Waals surface area contributed by atoms with Gasteiger partial charge in [0, 0.05) is 28.9 Å². The standard InChI is InChI=1S/C20H21NO4.C12H14BrNO2.C8H9BO4/c1-20(2,24)19(23)21-11-10-16-12-15(8-9-17(16)21)13-4-6-14(7-5-13)18(22)25-3;1-12(2,16)11(15)14-6-5-8-7-9(13)3-4-10(8)14;1-13-8(10)6-2-4-7(5-3-6)9(11)12/h4-9,12,24H,10-11H2,1-3H3;3-4,7,16H,5-6H2,1-2H3;2-5,11-12H,1H3. The van der Waals surface area contributed by atoms with Crippen LogP contribution in [0.2, 0.25) is 0 Å². The van der Waals surface area contributed by atoms with Crippen LogP contribution in [0.25, 0.3) is 11.1 Å². The highest BCUT2D eigenvalue weighted by Crippen LogP contribution is 2.34. The summed E-state index contributed by atoms with van der Waals surface area (Å²) in [5, 5.41) is 37.2. The van der Waals surface area contributed by atoms with Crippen LogP contribution in [-0.4, -0.2) is 89.6 Å². The number of carbonyl (C=O) groups is 4. The second kappa shape index (κ2) is 17.5. The number of carbonyl (C=O) groups excluding carboxylic acids is 4. The Hall–Kier alpha value is -4.86. The van der Waals surface area contributed by atoms with Gasteiger partial charge < -0.3 is 39.5 Å². The van der Waals surface area contributed by atoms with E-state index in [1.807, 2.05) is 42.5 Å². The molecule has 0 saturated carbocycles. The minimum atomic E-state index is -1.51. The Morgan fingerprint density at radius 3 is 1.46 bits per heavy atom. The lowest BCUT2D eigenvalue weighted by atomic mass is 9.80. The van der Waals surface area contributed by atoms with E-state index in [9.17, 15) is 29.4 Å². The van der Waals surface area contributed by atoms with Crippen molar-refractivity contribution in [2.75, 3.05) is 37.1 Å². The average Bonchev–Trinajstić information content (AvgIpc) is 3.77. The van der Waals surface area contributed by atoms with Gasteiger partial charge in [0.15, 0.2) is 0 Å². The van der Waals surface area contributed by atoms with Crippen molar-refractivity contribution in [3.05, 3.63) is 112 Å². The summed E-state index contributed by atoms with van der Waals surface area (Å²) in [6.07, 6.45) is 1.60. The smallest absolute Gasteiger partial charge is 0.465 e. The molecule has 4 N–H and O–H groups in total. The molecule has 0 unspecified atom stereocenters. The Labute approximate surface area is 323 Å². The van der Waals surface area contributed by atoms with Gasteiger partial charge >= 0.3 is 19.1 Å². The first kappa shape index (κ1) is 41.9. The fraction of sp³-hybridized carbons (Fsp3) is 0.300. The van der Waals surface area contributed by atoms with E-state index in [0.717, 1.165) is 50.9 Å². The summed E-state index contributed by atoms with van der Waals surface area (Å²) >= 11 is 3.41. The van der Waals surface area contributed by atoms with Crippen LogP contribution in [0, 0.1) is 0 Å². The van der Waals surface area contributed by atoms with Gasteiger partial charge in [0.05, 0.1) is 25.3 Å². The van der Waals surface area contributed by atoms with Crippen LogP contribution in [0.4, 0.5) is 11.4 Å². The predicted octanol–water partition coefficient (Wildman–Crippen LogP) is 4.06. The van der Waals surface area contributed by atoms with Gasteiger partial charge in [-0.05, 0) is 123 Å². The highest BCUT2D eigenvalue weighted by molar-refractivity contribution is 9.10. The van der Waals surface area contributed by atoms with Crippen molar-refractivity contribution in [1.82, 2.24) is 0 Å². The zero-order valence-corrected chi connectivity index (χ0v) is 32.6. The number of amides is 2. The highest BCUT2D eigenvalue weighted by atomic mass is 79.9. The lowest BCUT2D eigenvalue weighted by molar-refractivity contribution is -0.133. The number of fused-ring (bicyclic) bond motifs is 2. The van der Waals surface area contributed by atoms with Crippen LogP contribution in [0.5, 0.6) is 0 Å². The zero-order chi connectivity index (χ0) is 40.0. The fourth-order valence-electron chi connectivity index (χ4n) is 5.86. The van der Waals surface area contributed by atoms with Crippen molar-refractivity contribution in [1.29, 1.82) is 0 Å². The van der Waals surface area contributed by atoms with Crippen molar-refractivity contribution in [3.63, 3.8) is 0 Å². The number of methoxy groups -OCH3 is 2. The number of rotatable bonds is 6. The summed E-state index contributed by atoms with van der Waals surface area (Å²) in [5.74, 6) is -1.34. The van der Waals surface area contributed by atoms with Crippen molar-refractivity contribution in [3.8, 4) is 11.1 Å². The summed E-state index contributed by atoms with van der Waals surface area (Å²) < 4.78 is 10.2. The minimum absolute atomic E-state index is 0.242. The van der Waals surface area contributed by atoms with Crippen LogP contribution in [-0.2, 0) is 31.9 Å². The summed E-state index contributed by atoms with van der Waals surface area (Å²) in [6.45, 7) is 7.27. The lowest BCUT2D eigenvalue weighted by Crippen LogP contribution is -2.44. The van der Waals surface area contributed by atoms with Gasteiger partial charge in [-0.2, -0.15) is 0 Å². The normalized spacial score (nSPS) is 13.0. The molecule has 0 atom stereocenters. The molecule has 0 radical (unpaired) electrons. The molecule has 54 heavy (non-hydrogen) atoms. The number of hydrogen-bond donors (Lipinski definition) is 4. The molecule has 284 valence electrons. The zero-order valence-electron chi connectivity index (χ0n) is 31.0. The number of hydrogen-bond acceptors (Lipinski definition) is 10. The van der Waals surface area contributed by atoms with E-state index in [-0.39, 0.29) is 17.8 Å². The molecular weight excluding hydrogens is 759 g/mol. The third-order valence-corrected chi connectivity index (χ3v) is 9.21. The maximum Gasteiger partial charge on any atom is 0.488 e. The van der Waals surface area contributed by atoms with Crippen LogP contribution in [0.3, 0.4) is 0 Å². The summed E-state index contributed by atoms with van der Waals surface area (Å²) in [7, 11) is 1.14. The third-order valence-electron chi connectivity index (χ3n) is 8.72. The van der Waals surface area contributed by atoms with E-state index < -0.39 is 24.3 Å².